The third-order valence-corrected chi connectivity index (χ3v) is 6.66. The Bertz CT molecular complexity index is 1130. The number of carbonyl (C=O) groups excluding carboxylic acids is 2. The minimum absolute atomic E-state index is 0.0359. The molecule has 2 amide bonds. The molecule has 12 heteroatoms. The van der Waals surface area contributed by atoms with E-state index in [2.05, 4.69) is 10.5 Å². The van der Waals surface area contributed by atoms with Crippen LogP contribution < -0.4 is 20.6 Å². The molecule has 3 N–H and O–H groups in total. The number of primary amides is 1. The first kappa shape index (κ1) is 25.1. The number of nitrogens with one attached hydrogen (secondary N) is 1. The molecule has 0 fully saturated rings. The SMILES string of the molecule is CCN(CC)S(=O)(=O)c1ccc(Cl)c(C(=O)Oc2ccc(C=NNC(N)=O)cc2OC)c1. The highest BCUT2D eigenvalue weighted by Crippen LogP contribution is 2.30. The number of hydrogen-bond acceptors (Lipinski definition) is 7. The molecule has 0 unspecified atom stereocenters. The van der Waals surface area contributed by atoms with Crippen molar-refractivity contribution in [1.29, 1.82) is 0 Å². The number of carbonyl (C=O) groups is 2. The second-order valence-electron chi connectivity index (χ2n) is 6.27. The van der Waals surface area contributed by atoms with Gasteiger partial charge in [0.2, 0.25) is 10.0 Å². The van der Waals surface area contributed by atoms with Crippen molar-refractivity contribution >= 4 is 39.8 Å². The van der Waals surface area contributed by atoms with E-state index in [0.717, 1.165) is 0 Å². The van der Waals surface area contributed by atoms with Gasteiger partial charge in [-0.2, -0.15) is 9.41 Å². The summed E-state index contributed by atoms with van der Waals surface area (Å²) in [6.45, 7) is 4.00. The number of rotatable bonds is 9. The first-order valence-electron chi connectivity index (χ1n) is 9.42. The number of methoxy groups -OCH3 is 1. The monoisotopic (exact) mass is 482 g/mol. The van der Waals surface area contributed by atoms with Crippen LogP contribution in [0.25, 0.3) is 0 Å². The van der Waals surface area contributed by atoms with E-state index in [-0.39, 0.29) is 40.1 Å². The van der Waals surface area contributed by atoms with Crippen molar-refractivity contribution in [2.45, 2.75) is 18.7 Å². The summed E-state index contributed by atoms with van der Waals surface area (Å²) in [6, 6.07) is 7.55. The lowest BCUT2D eigenvalue weighted by molar-refractivity contribution is 0.0729. The number of nitrogens with zero attached hydrogens (tertiary/aromatic N) is 2. The standard InChI is InChI=1S/C20H23ClN4O6S/c1-4-25(5-2)32(28,29)14-7-8-16(21)15(11-14)19(26)31-17-9-6-13(10-18(17)30-3)12-23-24-20(22)27/h6-12H,4-5H2,1-3H3,(H3,22,24,27). The van der Waals surface area contributed by atoms with Crippen LogP contribution in [0, 0.1) is 0 Å². The smallest absolute Gasteiger partial charge is 0.345 e. The molecule has 0 bridgehead atoms. The third-order valence-electron chi connectivity index (χ3n) is 4.28. The summed E-state index contributed by atoms with van der Waals surface area (Å²) in [5, 5.41) is 3.67. The maximum atomic E-state index is 12.8. The lowest BCUT2D eigenvalue weighted by atomic mass is 10.2. The van der Waals surface area contributed by atoms with Crippen LogP contribution in [0.5, 0.6) is 11.5 Å². The Balaban J connectivity index is 2.33. The number of urea groups is 1. The molecule has 0 aliphatic heterocycles. The molecule has 2 rings (SSSR count). The van der Waals surface area contributed by atoms with Gasteiger partial charge in [-0.15, -0.1) is 0 Å². The first-order valence-corrected chi connectivity index (χ1v) is 11.2. The zero-order chi connectivity index (χ0) is 23.9. The predicted molar refractivity (Wildman–Crippen MR) is 120 cm³/mol. The van der Waals surface area contributed by atoms with Crippen LogP contribution in [0.15, 0.2) is 46.4 Å². The Morgan fingerprint density at radius 1 is 1.16 bits per heavy atom. The summed E-state index contributed by atoms with van der Waals surface area (Å²) in [7, 11) is -2.42. The fourth-order valence-electron chi connectivity index (χ4n) is 2.71. The van der Waals surface area contributed by atoms with E-state index in [1.54, 1.807) is 19.9 Å². The van der Waals surface area contributed by atoms with Gasteiger partial charge in [0.15, 0.2) is 11.5 Å². The number of ether oxygens (including phenoxy) is 2. The van der Waals surface area contributed by atoms with Gasteiger partial charge in [0.05, 0.1) is 28.8 Å². The zero-order valence-electron chi connectivity index (χ0n) is 17.7. The van der Waals surface area contributed by atoms with E-state index in [1.807, 2.05) is 0 Å². The van der Waals surface area contributed by atoms with Gasteiger partial charge in [0, 0.05) is 13.1 Å². The highest BCUT2D eigenvalue weighted by molar-refractivity contribution is 7.89. The molecule has 0 saturated carbocycles. The number of hydrogen-bond donors (Lipinski definition) is 2. The van der Waals surface area contributed by atoms with Crippen LogP contribution in [0.3, 0.4) is 0 Å². The van der Waals surface area contributed by atoms with Crippen LogP contribution in [0.2, 0.25) is 5.02 Å². The summed E-state index contributed by atoms with van der Waals surface area (Å²) in [5.41, 5.74) is 7.40. The number of sulfonamides is 1. The second kappa shape index (κ2) is 10.9. The molecule has 0 aliphatic carbocycles. The molecule has 32 heavy (non-hydrogen) atoms. The number of hydrazone groups is 1. The van der Waals surface area contributed by atoms with Crippen LogP contribution in [-0.2, 0) is 10.0 Å². The molecule has 0 saturated heterocycles. The maximum Gasteiger partial charge on any atom is 0.345 e. The van der Waals surface area contributed by atoms with Crippen molar-refractivity contribution in [3.8, 4) is 11.5 Å². The topological polar surface area (TPSA) is 140 Å². The van der Waals surface area contributed by atoms with E-state index in [1.165, 1.54) is 48.0 Å². The lowest BCUT2D eigenvalue weighted by Gasteiger charge is -2.19. The molecule has 0 aliphatic rings. The molecular weight excluding hydrogens is 460 g/mol. The van der Waals surface area contributed by atoms with Gasteiger partial charge in [0.25, 0.3) is 0 Å². The lowest BCUT2D eigenvalue weighted by Crippen LogP contribution is -2.30. The second-order valence-corrected chi connectivity index (χ2v) is 8.61. The minimum Gasteiger partial charge on any atom is -0.493 e. The van der Waals surface area contributed by atoms with Gasteiger partial charge < -0.3 is 15.2 Å². The van der Waals surface area contributed by atoms with E-state index in [0.29, 0.717) is 5.56 Å². The molecule has 0 aromatic heterocycles. The van der Waals surface area contributed by atoms with Gasteiger partial charge in [-0.05, 0) is 42.0 Å². The van der Waals surface area contributed by atoms with Crippen molar-refractivity contribution in [2.24, 2.45) is 10.8 Å². The van der Waals surface area contributed by atoms with E-state index in [4.69, 9.17) is 26.8 Å². The van der Waals surface area contributed by atoms with Crippen molar-refractivity contribution in [2.75, 3.05) is 20.2 Å². The van der Waals surface area contributed by atoms with Crippen LogP contribution in [-0.4, -0.2) is 51.1 Å². The summed E-state index contributed by atoms with van der Waals surface area (Å²) in [4.78, 5) is 23.4. The first-order chi connectivity index (χ1) is 15.1. The number of benzene rings is 2. The molecule has 0 heterocycles. The van der Waals surface area contributed by atoms with E-state index < -0.39 is 22.0 Å². The Morgan fingerprint density at radius 2 is 1.84 bits per heavy atom. The van der Waals surface area contributed by atoms with Gasteiger partial charge in [-0.3, -0.25) is 0 Å². The highest BCUT2D eigenvalue weighted by atomic mass is 35.5. The quantitative estimate of drug-likeness (QED) is 0.243. The molecule has 172 valence electrons. The average Bonchev–Trinajstić information content (AvgIpc) is 2.75. The number of amides is 2. The third kappa shape index (κ3) is 5.96. The molecule has 0 spiro atoms. The number of nitrogens with two attached hydrogens (primary N) is 1. The van der Waals surface area contributed by atoms with Crippen LogP contribution >= 0.6 is 11.6 Å². The zero-order valence-corrected chi connectivity index (χ0v) is 19.2. The Hall–Kier alpha value is -3.15. The largest absolute Gasteiger partial charge is 0.493 e. The Labute approximate surface area is 191 Å². The molecule has 0 radical (unpaired) electrons. The van der Waals surface area contributed by atoms with Gasteiger partial charge in [0.1, 0.15) is 0 Å². The van der Waals surface area contributed by atoms with Crippen molar-refractivity contribution in [1.82, 2.24) is 9.73 Å². The van der Waals surface area contributed by atoms with E-state index in [9.17, 15) is 18.0 Å². The Kier molecular flexibility index (Phi) is 8.58. The molecule has 2 aromatic rings. The van der Waals surface area contributed by atoms with Gasteiger partial charge in [-0.1, -0.05) is 25.4 Å². The fraction of sp³-hybridized carbons (Fsp3) is 0.250. The molecule has 0 atom stereocenters. The summed E-state index contributed by atoms with van der Waals surface area (Å²) >= 11 is 6.13. The average molecular weight is 483 g/mol. The maximum absolute atomic E-state index is 12.8. The van der Waals surface area contributed by atoms with E-state index >= 15 is 0 Å². The van der Waals surface area contributed by atoms with Crippen molar-refractivity contribution in [3.63, 3.8) is 0 Å². The van der Waals surface area contributed by atoms with Gasteiger partial charge in [-0.25, -0.2) is 23.4 Å². The summed E-state index contributed by atoms with van der Waals surface area (Å²) in [6.07, 6.45) is 1.32. The fourth-order valence-corrected chi connectivity index (χ4v) is 4.39. The molecule has 10 nitrogen and oxygen atoms in total. The van der Waals surface area contributed by atoms with Crippen LogP contribution in [0.1, 0.15) is 29.8 Å². The summed E-state index contributed by atoms with van der Waals surface area (Å²) < 4.78 is 37.4. The Morgan fingerprint density at radius 3 is 2.44 bits per heavy atom. The molecular formula is C20H23ClN4O6S. The van der Waals surface area contributed by atoms with Crippen molar-refractivity contribution in [3.05, 3.63) is 52.5 Å². The van der Waals surface area contributed by atoms with Gasteiger partial charge >= 0.3 is 12.0 Å². The van der Waals surface area contributed by atoms with Crippen LogP contribution in [0.4, 0.5) is 4.79 Å². The number of halogens is 1. The minimum atomic E-state index is -3.79. The summed E-state index contributed by atoms with van der Waals surface area (Å²) in [5.74, 6) is -0.586. The normalized spacial score (nSPS) is 11.5. The predicted octanol–water partition coefficient (Wildman–Crippen LogP) is 2.60. The number of esters is 1. The highest BCUT2D eigenvalue weighted by Gasteiger charge is 2.25. The molecule has 2 aromatic carbocycles. The van der Waals surface area contributed by atoms with Crippen molar-refractivity contribution < 1.29 is 27.5 Å².